The Morgan fingerprint density at radius 2 is 0.831 bits per heavy atom. The zero-order valence-corrected chi connectivity index (χ0v) is 53.6. The number of carbonyl (C=O) groups excluding carboxylic acids is 2. The Morgan fingerprint density at radius 1 is 0.470 bits per heavy atom. The molecule has 11 nitrogen and oxygen atoms in total. The van der Waals surface area contributed by atoms with E-state index in [-0.39, 0.29) is 19.4 Å². The Labute approximate surface area is 509 Å². The van der Waals surface area contributed by atoms with E-state index in [0.717, 1.165) is 89.9 Å². The average Bonchev–Trinajstić information content (AvgIpc) is 3.54. The van der Waals surface area contributed by atoms with Crippen LogP contribution >= 0.6 is 0 Å². The second-order valence-electron chi connectivity index (χ2n) is 23.9. The number of esters is 1. The zero-order valence-electron chi connectivity index (χ0n) is 53.6. The maximum absolute atomic E-state index is 13.5. The van der Waals surface area contributed by atoms with Gasteiger partial charge in [0.15, 0.2) is 12.4 Å². The van der Waals surface area contributed by atoms with E-state index >= 15 is 0 Å². The molecule has 0 aromatic heterocycles. The van der Waals surface area contributed by atoms with Gasteiger partial charge in [0, 0.05) is 6.42 Å². The Morgan fingerprint density at radius 3 is 1.27 bits per heavy atom. The van der Waals surface area contributed by atoms with Crippen molar-refractivity contribution in [2.75, 3.05) is 13.2 Å². The molecule has 0 aromatic carbocycles. The van der Waals surface area contributed by atoms with E-state index in [2.05, 4.69) is 86.8 Å². The fraction of sp³-hybridized carbons (Fsp3) is 0.806. The molecule has 0 radical (unpaired) electrons. The Kier molecular flexibility index (Phi) is 55.9. The third kappa shape index (κ3) is 46.9. The second-order valence-corrected chi connectivity index (χ2v) is 23.9. The van der Waals surface area contributed by atoms with Crippen LogP contribution in [-0.2, 0) is 23.8 Å². The first-order chi connectivity index (χ1) is 40.7. The highest BCUT2D eigenvalue weighted by Crippen LogP contribution is 2.26. The smallest absolute Gasteiger partial charge is 0.306 e. The van der Waals surface area contributed by atoms with Crippen LogP contribution in [0.15, 0.2) is 72.9 Å². The molecule has 1 amide bonds. The van der Waals surface area contributed by atoms with Crippen molar-refractivity contribution in [3.8, 4) is 0 Å². The largest absolute Gasteiger partial charge is 0.454 e. The van der Waals surface area contributed by atoms with Crippen LogP contribution in [0, 0.1) is 0 Å². The molecule has 83 heavy (non-hydrogen) atoms. The molecule has 1 rings (SSSR count). The summed E-state index contributed by atoms with van der Waals surface area (Å²) in [6.45, 7) is 5.76. The molecule has 1 aliphatic rings. The summed E-state index contributed by atoms with van der Waals surface area (Å²) in [4.78, 5) is 26.7. The molecule has 0 aliphatic carbocycles. The molecule has 1 heterocycles. The molecule has 0 saturated carbocycles. The van der Waals surface area contributed by atoms with Gasteiger partial charge in [-0.05, 0) is 96.3 Å². The minimum absolute atomic E-state index is 0.120. The Hall–Kier alpha value is -2.90. The van der Waals surface area contributed by atoms with E-state index < -0.39 is 67.4 Å². The van der Waals surface area contributed by atoms with Gasteiger partial charge >= 0.3 is 5.97 Å². The van der Waals surface area contributed by atoms with Crippen molar-refractivity contribution < 1.29 is 49.3 Å². The summed E-state index contributed by atoms with van der Waals surface area (Å²) in [7, 11) is 0. The van der Waals surface area contributed by atoms with Crippen LogP contribution in [0.4, 0.5) is 0 Å². The lowest BCUT2D eigenvalue weighted by Crippen LogP contribution is -2.61. The topological polar surface area (TPSA) is 175 Å². The summed E-state index contributed by atoms with van der Waals surface area (Å²) in [5.74, 6) is -1.20. The van der Waals surface area contributed by atoms with Crippen LogP contribution in [0.2, 0.25) is 0 Å². The summed E-state index contributed by atoms with van der Waals surface area (Å²) in [5, 5.41) is 57.2. The molecular weight excluding hydrogens is 1040 g/mol. The Bertz CT molecular complexity index is 1630. The van der Waals surface area contributed by atoms with E-state index in [1.165, 1.54) is 173 Å². The maximum Gasteiger partial charge on any atom is 0.306 e. The zero-order chi connectivity index (χ0) is 60.3. The summed E-state index contributed by atoms with van der Waals surface area (Å²) in [5.41, 5.74) is 0. The van der Waals surface area contributed by atoms with Gasteiger partial charge in [-0.15, -0.1) is 0 Å². The molecule has 11 heteroatoms. The number of hydrogen-bond donors (Lipinski definition) is 6. The highest BCUT2D eigenvalue weighted by Gasteiger charge is 2.47. The van der Waals surface area contributed by atoms with Crippen molar-refractivity contribution in [1.29, 1.82) is 0 Å². The molecule has 0 aromatic rings. The molecule has 0 spiro atoms. The standard InChI is InChI=1S/C72H129NO10/c1-4-7-10-13-16-19-22-25-27-29-31-32-33-34-35-37-39-42-45-48-51-54-57-60-67(77)83-70-69(79)68(78)66(61-74)82-72(70)81-62-63(64(75)58-55-52-49-46-43-40-24-21-18-15-12-9-6-3)73-71(80)65(76)59-56-53-50-47-44-41-38-36-30-28-26-23-20-17-14-11-8-5-2/h16-17,19-20,25-28,36,38,55,58,63-66,68-70,72,74-76,78-79H,4-15,18,21-24,29-35,37,39-54,56-57,59-62H2,1-3H3,(H,73,80)/b19-16-,20-17-,27-25-,28-26-,38-36-,58-55+. The van der Waals surface area contributed by atoms with E-state index in [9.17, 15) is 35.1 Å². The number of rotatable bonds is 59. The maximum atomic E-state index is 13.5. The van der Waals surface area contributed by atoms with E-state index in [4.69, 9.17) is 14.2 Å². The van der Waals surface area contributed by atoms with Gasteiger partial charge in [0.25, 0.3) is 0 Å². The molecular formula is C72H129NO10. The number of ether oxygens (including phenoxy) is 3. The first kappa shape index (κ1) is 78.1. The SMILES string of the molecule is CCCCC/C=C\C/C=C\C/C=C\CCCCCCCC(O)C(=O)NC(COC1OC(CO)C(O)C(O)C1OC(=O)CCCCCCCCCCCCCCC/C=C\C/C=C\CCCCC)C(O)/C=C/CCCCCCCCCCCCC. The number of allylic oxidation sites excluding steroid dienone is 11. The lowest BCUT2D eigenvalue weighted by atomic mass is 9.99. The van der Waals surface area contributed by atoms with E-state index in [0.29, 0.717) is 12.8 Å². The van der Waals surface area contributed by atoms with Crippen molar-refractivity contribution in [3.63, 3.8) is 0 Å². The van der Waals surface area contributed by atoms with E-state index in [1.54, 1.807) is 6.08 Å². The molecule has 1 aliphatic heterocycles. The molecule has 8 unspecified atom stereocenters. The van der Waals surface area contributed by atoms with Crippen LogP contribution in [0.25, 0.3) is 0 Å². The van der Waals surface area contributed by atoms with Crippen LogP contribution in [0.5, 0.6) is 0 Å². The van der Waals surface area contributed by atoms with Gasteiger partial charge in [-0.2, -0.15) is 0 Å². The monoisotopic (exact) mass is 1170 g/mol. The fourth-order valence-electron chi connectivity index (χ4n) is 10.6. The highest BCUT2D eigenvalue weighted by atomic mass is 16.7. The average molecular weight is 1170 g/mol. The predicted octanol–water partition coefficient (Wildman–Crippen LogP) is 17.5. The summed E-state index contributed by atoms with van der Waals surface area (Å²) in [6, 6.07) is -1.03. The number of hydrogen-bond acceptors (Lipinski definition) is 10. The lowest BCUT2D eigenvalue weighted by Gasteiger charge is -2.41. The summed E-state index contributed by atoms with van der Waals surface area (Å²) < 4.78 is 17.7. The summed E-state index contributed by atoms with van der Waals surface area (Å²) >= 11 is 0. The molecule has 0 bridgehead atoms. The molecule has 6 N–H and O–H groups in total. The predicted molar refractivity (Wildman–Crippen MR) is 347 cm³/mol. The van der Waals surface area contributed by atoms with Crippen LogP contribution in [0.3, 0.4) is 0 Å². The van der Waals surface area contributed by atoms with Gasteiger partial charge < -0.3 is 45.1 Å². The van der Waals surface area contributed by atoms with Crippen molar-refractivity contribution in [1.82, 2.24) is 5.32 Å². The minimum Gasteiger partial charge on any atom is -0.454 e. The first-order valence-electron chi connectivity index (χ1n) is 34.7. The highest BCUT2D eigenvalue weighted by molar-refractivity contribution is 5.80. The van der Waals surface area contributed by atoms with Gasteiger partial charge in [0.2, 0.25) is 5.91 Å². The number of nitrogens with one attached hydrogen (secondary N) is 1. The number of carbonyl (C=O) groups is 2. The van der Waals surface area contributed by atoms with Gasteiger partial charge in [0.05, 0.1) is 25.4 Å². The van der Waals surface area contributed by atoms with Crippen molar-refractivity contribution in [3.05, 3.63) is 72.9 Å². The second kappa shape index (κ2) is 59.4. The molecule has 1 saturated heterocycles. The van der Waals surface area contributed by atoms with Crippen LogP contribution in [0.1, 0.15) is 310 Å². The number of unbranched alkanes of at least 4 members (excludes halogenated alkanes) is 35. The third-order valence-corrected chi connectivity index (χ3v) is 16.1. The quantitative estimate of drug-likeness (QED) is 0.0195. The summed E-state index contributed by atoms with van der Waals surface area (Å²) in [6.07, 6.45) is 66.4. The first-order valence-corrected chi connectivity index (χ1v) is 34.7. The molecule has 8 atom stereocenters. The van der Waals surface area contributed by atoms with Crippen molar-refractivity contribution >= 4 is 11.9 Å². The van der Waals surface area contributed by atoms with Gasteiger partial charge in [-0.3, -0.25) is 9.59 Å². The normalized spacial score (nSPS) is 19.0. The van der Waals surface area contributed by atoms with Gasteiger partial charge in [-0.25, -0.2) is 0 Å². The molecule has 1 fully saturated rings. The number of amides is 1. The number of aliphatic hydroxyl groups excluding tert-OH is 5. The van der Waals surface area contributed by atoms with Crippen molar-refractivity contribution in [2.45, 2.75) is 359 Å². The Balaban J connectivity index is 2.62. The number of aliphatic hydroxyl groups is 5. The van der Waals surface area contributed by atoms with Crippen molar-refractivity contribution in [2.24, 2.45) is 0 Å². The fourth-order valence-corrected chi connectivity index (χ4v) is 10.6. The van der Waals surface area contributed by atoms with E-state index in [1.807, 2.05) is 6.08 Å². The third-order valence-electron chi connectivity index (χ3n) is 16.1. The van der Waals surface area contributed by atoms with Gasteiger partial charge in [0.1, 0.15) is 24.4 Å². The van der Waals surface area contributed by atoms with Crippen LogP contribution < -0.4 is 5.32 Å². The lowest BCUT2D eigenvalue weighted by molar-refractivity contribution is -0.305. The van der Waals surface area contributed by atoms with Crippen LogP contribution in [-0.4, -0.2) is 99.6 Å². The van der Waals surface area contributed by atoms with Gasteiger partial charge in [-0.1, -0.05) is 280 Å². The molecule has 482 valence electrons. The minimum atomic E-state index is -1.62.